The summed E-state index contributed by atoms with van der Waals surface area (Å²) in [6.07, 6.45) is 4.19. The molecule has 1 atom stereocenters. The van der Waals surface area contributed by atoms with Gasteiger partial charge < -0.3 is 5.32 Å². The molecule has 124 valence electrons. The van der Waals surface area contributed by atoms with E-state index >= 15 is 0 Å². The molecular formula is C18H26N4O. The smallest absolute Gasteiger partial charge is 0.316 e. The highest BCUT2D eigenvalue weighted by Crippen LogP contribution is 2.20. The Morgan fingerprint density at radius 1 is 1.30 bits per heavy atom. The molecule has 1 aliphatic rings. The maximum absolute atomic E-state index is 12.5. The van der Waals surface area contributed by atoms with Gasteiger partial charge in [0.2, 0.25) is 0 Å². The van der Waals surface area contributed by atoms with E-state index in [1.165, 1.54) is 5.56 Å². The van der Waals surface area contributed by atoms with Gasteiger partial charge in [-0.15, -0.1) is 0 Å². The molecule has 0 aliphatic carbocycles. The lowest BCUT2D eigenvalue weighted by Gasteiger charge is -2.21. The number of hydrogen-bond acceptors (Lipinski definition) is 3. The summed E-state index contributed by atoms with van der Waals surface area (Å²) in [5.74, 6) is 1.33. The van der Waals surface area contributed by atoms with E-state index in [-0.39, 0.29) is 5.69 Å². The number of nitrogens with zero attached hydrogens (tertiary/aromatic N) is 3. The van der Waals surface area contributed by atoms with E-state index in [4.69, 9.17) is 0 Å². The molecular weight excluding hydrogens is 288 g/mol. The Labute approximate surface area is 137 Å². The quantitative estimate of drug-likeness (QED) is 0.889. The lowest BCUT2D eigenvalue weighted by Crippen LogP contribution is -2.31. The van der Waals surface area contributed by atoms with Gasteiger partial charge in [-0.25, -0.2) is 9.48 Å². The van der Waals surface area contributed by atoms with Gasteiger partial charge in [-0.1, -0.05) is 30.3 Å². The largest absolute Gasteiger partial charge is 0.345 e. The summed E-state index contributed by atoms with van der Waals surface area (Å²) in [6.45, 7) is 5.42. The zero-order chi connectivity index (χ0) is 16.1. The maximum atomic E-state index is 12.5. The van der Waals surface area contributed by atoms with E-state index in [0.717, 1.165) is 44.6 Å². The third kappa shape index (κ3) is 3.72. The summed E-state index contributed by atoms with van der Waals surface area (Å²) in [5.41, 5.74) is 1.35. The topological polar surface area (TPSA) is 51.9 Å². The SMILES string of the molecule is CCn1c([C@H]2CCCNC2)nn(CCCc2ccccc2)c1=O. The first-order chi connectivity index (χ1) is 11.3. The molecule has 0 spiro atoms. The van der Waals surface area contributed by atoms with Crippen LogP contribution in [0.4, 0.5) is 0 Å². The molecule has 1 fully saturated rings. The molecule has 5 heteroatoms. The summed E-state index contributed by atoms with van der Waals surface area (Å²) < 4.78 is 3.51. The molecule has 0 saturated carbocycles. The van der Waals surface area contributed by atoms with Crippen molar-refractivity contribution in [2.75, 3.05) is 13.1 Å². The first-order valence-corrected chi connectivity index (χ1v) is 8.71. The Hall–Kier alpha value is -1.88. The van der Waals surface area contributed by atoms with Crippen LogP contribution in [0.5, 0.6) is 0 Å². The molecule has 1 saturated heterocycles. The van der Waals surface area contributed by atoms with Crippen LogP contribution in [0.2, 0.25) is 0 Å². The Morgan fingerprint density at radius 2 is 2.13 bits per heavy atom. The molecule has 3 rings (SSSR count). The number of piperidine rings is 1. The third-order valence-electron chi connectivity index (χ3n) is 4.61. The normalized spacial score (nSPS) is 18.2. The van der Waals surface area contributed by atoms with Gasteiger partial charge in [-0.2, -0.15) is 5.10 Å². The molecule has 1 aliphatic heterocycles. The van der Waals surface area contributed by atoms with Crippen molar-refractivity contribution in [3.63, 3.8) is 0 Å². The third-order valence-corrected chi connectivity index (χ3v) is 4.61. The van der Waals surface area contributed by atoms with E-state index in [0.29, 0.717) is 19.0 Å². The minimum atomic E-state index is 0.0427. The number of hydrogen-bond donors (Lipinski definition) is 1. The molecule has 0 amide bonds. The van der Waals surface area contributed by atoms with Gasteiger partial charge in [-0.3, -0.25) is 4.57 Å². The Balaban J connectivity index is 1.69. The molecule has 0 unspecified atom stereocenters. The highest BCUT2D eigenvalue weighted by molar-refractivity contribution is 5.14. The molecule has 23 heavy (non-hydrogen) atoms. The fourth-order valence-corrected chi connectivity index (χ4v) is 3.35. The second-order valence-electron chi connectivity index (χ2n) is 6.24. The van der Waals surface area contributed by atoms with Gasteiger partial charge in [0.05, 0.1) is 0 Å². The number of rotatable bonds is 6. The van der Waals surface area contributed by atoms with Crippen molar-refractivity contribution in [1.29, 1.82) is 0 Å². The van der Waals surface area contributed by atoms with Gasteiger partial charge in [0.1, 0.15) is 5.82 Å². The van der Waals surface area contributed by atoms with E-state index in [2.05, 4.69) is 34.7 Å². The van der Waals surface area contributed by atoms with E-state index in [1.54, 1.807) is 4.68 Å². The monoisotopic (exact) mass is 314 g/mol. The second-order valence-corrected chi connectivity index (χ2v) is 6.24. The summed E-state index contributed by atoms with van der Waals surface area (Å²) in [4.78, 5) is 12.5. The van der Waals surface area contributed by atoms with Gasteiger partial charge in [-0.05, 0) is 44.7 Å². The molecule has 5 nitrogen and oxygen atoms in total. The summed E-state index contributed by atoms with van der Waals surface area (Å²) in [7, 11) is 0. The fourth-order valence-electron chi connectivity index (χ4n) is 3.35. The van der Waals surface area contributed by atoms with Crippen LogP contribution in [0.1, 0.15) is 43.5 Å². The summed E-state index contributed by atoms with van der Waals surface area (Å²) in [6, 6.07) is 10.4. The highest BCUT2D eigenvalue weighted by atomic mass is 16.2. The molecule has 1 N–H and O–H groups in total. The molecule has 2 heterocycles. The zero-order valence-electron chi connectivity index (χ0n) is 13.9. The van der Waals surface area contributed by atoms with Crippen LogP contribution < -0.4 is 11.0 Å². The van der Waals surface area contributed by atoms with Gasteiger partial charge in [0, 0.05) is 25.6 Å². The van der Waals surface area contributed by atoms with E-state index in [9.17, 15) is 4.79 Å². The molecule has 2 aromatic rings. The highest BCUT2D eigenvalue weighted by Gasteiger charge is 2.23. The standard InChI is InChI=1S/C18H26N4O/c1-2-21-17(16-11-6-12-19-14-16)20-22(18(21)23)13-7-10-15-8-4-3-5-9-15/h3-5,8-9,16,19H,2,6-7,10-14H2,1H3/t16-/m0/s1. The second kappa shape index (κ2) is 7.59. The van der Waals surface area contributed by atoms with Gasteiger partial charge >= 0.3 is 5.69 Å². The van der Waals surface area contributed by atoms with Crippen molar-refractivity contribution in [3.8, 4) is 0 Å². The molecule has 1 aromatic carbocycles. The van der Waals surface area contributed by atoms with E-state index in [1.807, 2.05) is 17.6 Å². The van der Waals surface area contributed by atoms with Crippen LogP contribution in [0.3, 0.4) is 0 Å². The zero-order valence-corrected chi connectivity index (χ0v) is 13.9. The minimum absolute atomic E-state index is 0.0427. The Bertz CT molecular complexity index is 668. The van der Waals surface area contributed by atoms with Crippen molar-refractivity contribution in [1.82, 2.24) is 19.7 Å². The van der Waals surface area contributed by atoms with Crippen LogP contribution in [0.15, 0.2) is 35.1 Å². The van der Waals surface area contributed by atoms with Crippen molar-refractivity contribution < 1.29 is 0 Å². The van der Waals surface area contributed by atoms with Crippen LogP contribution in [0, 0.1) is 0 Å². The Kier molecular flexibility index (Phi) is 5.28. The fraction of sp³-hybridized carbons (Fsp3) is 0.556. The Morgan fingerprint density at radius 3 is 2.83 bits per heavy atom. The first kappa shape index (κ1) is 16.0. The number of benzene rings is 1. The number of nitrogens with one attached hydrogen (secondary N) is 1. The van der Waals surface area contributed by atoms with Crippen LogP contribution in [0.25, 0.3) is 0 Å². The van der Waals surface area contributed by atoms with Crippen LogP contribution >= 0.6 is 0 Å². The van der Waals surface area contributed by atoms with Crippen molar-refractivity contribution in [2.45, 2.75) is 51.6 Å². The van der Waals surface area contributed by atoms with Crippen molar-refractivity contribution in [2.24, 2.45) is 0 Å². The predicted octanol–water partition coefficient (Wildman–Crippen LogP) is 2.16. The van der Waals surface area contributed by atoms with Gasteiger partial charge in [0.15, 0.2) is 0 Å². The van der Waals surface area contributed by atoms with Crippen molar-refractivity contribution in [3.05, 3.63) is 52.2 Å². The molecule has 0 radical (unpaired) electrons. The lowest BCUT2D eigenvalue weighted by atomic mass is 9.99. The van der Waals surface area contributed by atoms with Crippen LogP contribution in [-0.4, -0.2) is 27.4 Å². The molecule has 1 aromatic heterocycles. The first-order valence-electron chi connectivity index (χ1n) is 8.71. The van der Waals surface area contributed by atoms with Gasteiger partial charge in [0.25, 0.3) is 0 Å². The lowest BCUT2D eigenvalue weighted by molar-refractivity contribution is 0.430. The van der Waals surface area contributed by atoms with E-state index < -0.39 is 0 Å². The number of aromatic nitrogens is 3. The number of aryl methyl sites for hydroxylation is 2. The minimum Gasteiger partial charge on any atom is -0.316 e. The average Bonchev–Trinajstić information content (AvgIpc) is 2.93. The average molecular weight is 314 g/mol. The van der Waals surface area contributed by atoms with Crippen LogP contribution in [-0.2, 0) is 19.5 Å². The maximum Gasteiger partial charge on any atom is 0.345 e. The summed E-state index contributed by atoms with van der Waals surface area (Å²) >= 11 is 0. The molecule has 0 bridgehead atoms. The van der Waals surface area contributed by atoms with Crippen molar-refractivity contribution >= 4 is 0 Å². The summed E-state index contributed by atoms with van der Waals surface area (Å²) in [5, 5.41) is 8.08. The predicted molar refractivity (Wildman–Crippen MR) is 91.8 cm³/mol.